The average Bonchev–Trinajstić information content (AvgIpc) is 2.96. The minimum absolute atomic E-state index is 0.0702. The van der Waals surface area contributed by atoms with E-state index in [4.69, 9.17) is 0 Å². The molecule has 0 saturated carbocycles. The Kier molecular flexibility index (Phi) is 10.1. The second-order valence-corrected chi connectivity index (χ2v) is 13.6. The molecule has 2 amide bonds. The maximum absolute atomic E-state index is 12.9. The zero-order valence-corrected chi connectivity index (χ0v) is 24.9. The van der Waals surface area contributed by atoms with Crippen LogP contribution in [0.2, 0.25) is 0 Å². The molecule has 4 aromatic rings. The summed E-state index contributed by atoms with van der Waals surface area (Å²) >= 11 is 3.43. The van der Waals surface area contributed by atoms with Crippen LogP contribution in [0.5, 0.6) is 0 Å². The number of hydrogen-bond donors (Lipinski definition) is 2. The van der Waals surface area contributed by atoms with Crippen molar-refractivity contribution in [2.75, 3.05) is 17.6 Å². The molecule has 0 unspecified atom stereocenters. The number of benzene rings is 4. The molecule has 0 aromatic heterocycles. The number of carbonyl (C=O) groups excluding carboxylic acids is 2. The van der Waals surface area contributed by atoms with Gasteiger partial charge in [0.15, 0.2) is 0 Å². The van der Waals surface area contributed by atoms with Crippen LogP contribution in [0.3, 0.4) is 0 Å². The molecule has 40 heavy (non-hydrogen) atoms. The number of anilines is 1. The molecule has 0 heterocycles. The van der Waals surface area contributed by atoms with Gasteiger partial charge in [0, 0.05) is 21.8 Å². The van der Waals surface area contributed by atoms with Gasteiger partial charge in [-0.15, -0.1) is 11.8 Å². The standard InChI is InChI=1S/C34H36N2O2S2/c1-33(2,3)39-24-23-31(37)35-25-32(38)36-29-21-13-14-22-30(29)40-34(26-15-7-4-8-16-26,27-17-9-5-10-18-27)28-19-11-6-12-20-28/h4-22H,23-25H2,1-3H3,(H,35,37)(H,36,38). The number of rotatable bonds is 11. The summed E-state index contributed by atoms with van der Waals surface area (Å²) in [5.41, 5.74) is 4.12. The molecular weight excluding hydrogens is 533 g/mol. The van der Waals surface area contributed by atoms with Gasteiger partial charge < -0.3 is 10.6 Å². The van der Waals surface area contributed by atoms with Crippen LogP contribution in [0, 0.1) is 0 Å². The maximum Gasteiger partial charge on any atom is 0.243 e. The molecule has 0 saturated heterocycles. The van der Waals surface area contributed by atoms with Crippen LogP contribution in [-0.2, 0) is 14.3 Å². The molecule has 0 aliphatic carbocycles. The van der Waals surface area contributed by atoms with Crippen LogP contribution < -0.4 is 10.6 Å². The summed E-state index contributed by atoms with van der Waals surface area (Å²) < 4.78 is -0.461. The first-order valence-electron chi connectivity index (χ1n) is 13.4. The molecule has 0 aliphatic rings. The third-order valence-corrected chi connectivity index (χ3v) is 9.14. The Balaban J connectivity index is 1.60. The maximum atomic E-state index is 12.9. The molecule has 0 bridgehead atoms. The lowest BCUT2D eigenvalue weighted by Crippen LogP contribution is -2.33. The van der Waals surface area contributed by atoms with E-state index in [0.717, 1.165) is 27.3 Å². The van der Waals surface area contributed by atoms with Crippen molar-refractivity contribution < 1.29 is 9.59 Å². The topological polar surface area (TPSA) is 58.2 Å². The first kappa shape index (κ1) is 29.5. The highest BCUT2D eigenvalue weighted by atomic mass is 32.2. The van der Waals surface area contributed by atoms with Crippen LogP contribution >= 0.6 is 23.5 Å². The summed E-state index contributed by atoms with van der Waals surface area (Å²) in [5.74, 6) is 0.345. The molecule has 206 valence electrons. The monoisotopic (exact) mass is 568 g/mol. The van der Waals surface area contributed by atoms with E-state index in [1.54, 1.807) is 23.5 Å². The lowest BCUT2D eigenvalue weighted by Gasteiger charge is -2.36. The largest absolute Gasteiger partial charge is 0.347 e. The fourth-order valence-corrected chi connectivity index (χ4v) is 6.80. The van der Waals surface area contributed by atoms with Crippen molar-refractivity contribution in [3.63, 3.8) is 0 Å². The van der Waals surface area contributed by atoms with Gasteiger partial charge in [-0.1, -0.05) is 124 Å². The van der Waals surface area contributed by atoms with E-state index in [1.807, 2.05) is 42.5 Å². The smallest absolute Gasteiger partial charge is 0.243 e. The number of hydrogen-bond acceptors (Lipinski definition) is 4. The van der Waals surface area contributed by atoms with E-state index in [-0.39, 0.29) is 23.1 Å². The normalized spacial score (nSPS) is 11.6. The van der Waals surface area contributed by atoms with Crippen molar-refractivity contribution in [3.05, 3.63) is 132 Å². The number of amides is 2. The molecule has 6 heteroatoms. The zero-order chi connectivity index (χ0) is 28.4. The molecule has 0 radical (unpaired) electrons. The quantitative estimate of drug-likeness (QED) is 0.143. The van der Waals surface area contributed by atoms with Crippen LogP contribution in [-0.4, -0.2) is 28.9 Å². The van der Waals surface area contributed by atoms with Crippen LogP contribution in [0.1, 0.15) is 43.9 Å². The van der Waals surface area contributed by atoms with Crippen molar-refractivity contribution in [2.24, 2.45) is 0 Å². The SMILES string of the molecule is CC(C)(C)SCCC(=O)NCC(=O)Nc1ccccc1SC(c1ccccc1)(c1ccccc1)c1ccccc1. The molecular formula is C34H36N2O2S2. The highest BCUT2D eigenvalue weighted by molar-refractivity contribution is 8.01. The Morgan fingerprint density at radius 2 is 1.12 bits per heavy atom. The van der Waals surface area contributed by atoms with E-state index >= 15 is 0 Å². The van der Waals surface area contributed by atoms with Gasteiger partial charge in [0.25, 0.3) is 0 Å². The van der Waals surface area contributed by atoms with Gasteiger partial charge in [-0.25, -0.2) is 0 Å². The van der Waals surface area contributed by atoms with Crippen molar-refractivity contribution in [1.29, 1.82) is 0 Å². The van der Waals surface area contributed by atoms with Crippen LogP contribution in [0.25, 0.3) is 0 Å². The minimum atomic E-state index is -0.566. The number of thioether (sulfide) groups is 2. The molecule has 0 spiro atoms. The van der Waals surface area contributed by atoms with Gasteiger partial charge in [0.1, 0.15) is 0 Å². The van der Waals surface area contributed by atoms with Crippen molar-refractivity contribution in [3.8, 4) is 0 Å². The van der Waals surface area contributed by atoms with Gasteiger partial charge in [0.05, 0.1) is 17.0 Å². The van der Waals surface area contributed by atoms with Gasteiger partial charge >= 0.3 is 0 Å². The molecule has 0 fully saturated rings. The van der Waals surface area contributed by atoms with Gasteiger partial charge in [-0.2, -0.15) is 11.8 Å². The first-order chi connectivity index (χ1) is 19.3. The summed E-state index contributed by atoms with van der Waals surface area (Å²) in [6, 6.07) is 39.2. The summed E-state index contributed by atoms with van der Waals surface area (Å²) in [5, 5.41) is 5.81. The van der Waals surface area contributed by atoms with E-state index in [1.165, 1.54) is 0 Å². The second-order valence-electron chi connectivity index (χ2n) is 10.4. The van der Waals surface area contributed by atoms with E-state index in [0.29, 0.717) is 12.1 Å². The lowest BCUT2D eigenvalue weighted by molar-refractivity contribution is -0.123. The van der Waals surface area contributed by atoms with E-state index in [2.05, 4.69) is 104 Å². The molecule has 4 rings (SSSR count). The highest BCUT2D eigenvalue weighted by Gasteiger charge is 2.38. The Bertz CT molecular complexity index is 1290. The Morgan fingerprint density at radius 3 is 1.62 bits per heavy atom. The van der Waals surface area contributed by atoms with Gasteiger partial charge in [-0.3, -0.25) is 9.59 Å². The summed E-state index contributed by atoms with van der Waals surface area (Å²) in [7, 11) is 0. The predicted molar refractivity (Wildman–Crippen MR) is 170 cm³/mol. The summed E-state index contributed by atoms with van der Waals surface area (Å²) in [6.45, 7) is 6.31. The third kappa shape index (κ3) is 7.80. The zero-order valence-electron chi connectivity index (χ0n) is 23.2. The first-order valence-corrected chi connectivity index (χ1v) is 15.2. The summed E-state index contributed by atoms with van der Waals surface area (Å²) in [4.78, 5) is 26.2. The Labute approximate surface area is 246 Å². The fourth-order valence-electron chi connectivity index (χ4n) is 4.43. The van der Waals surface area contributed by atoms with Crippen LogP contribution in [0.15, 0.2) is 120 Å². The summed E-state index contributed by atoms with van der Waals surface area (Å²) in [6.07, 6.45) is 0.384. The fraction of sp³-hybridized carbons (Fsp3) is 0.235. The third-order valence-electron chi connectivity index (χ3n) is 6.28. The Hall–Kier alpha value is -3.48. The molecule has 0 aliphatic heterocycles. The number of para-hydroxylation sites is 1. The average molecular weight is 569 g/mol. The molecule has 4 aromatic carbocycles. The molecule has 2 N–H and O–H groups in total. The number of nitrogens with one attached hydrogen (secondary N) is 2. The number of carbonyl (C=O) groups is 2. The van der Waals surface area contributed by atoms with E-state index < -0.39 is 4.75 Å². The highest BCUT2D eigenvalue weighted by Crippen LogP contribution is 2.52. The van der Waals surface area contributed by atoms with Gasteiger partial charge in [-0.05, 0) is 28.8 Å². The second kappa shape index (κ2) is 13.7. The van der Waals surface area contributed by atoms with E-state index in [9.17, 15) is 9.59 Å². The van der Waals surface area contributed by atoms with Crippen molar-refractivity contribution in [1.82, 2.24) is 5.32 Å². The van der Waals surface area contributed by atoms with Gasteiger partial charge in [0.2, 0.25) is 11.8 Å². The van der Waals surface area contributed by atoms with Crippen LogP contribution in [0.4, 0.5) is 5.69 Å². The molecule has 4 nitrogen and oxygen atoms in total. The minimum Gasteiger partial charge on any atom is -0.347 e. The molecule has 0 atom stereocenters. The van der Waals surface area contributed by atoms with Crippen molar-refractivity contribution >= 4 is 41.0 Å². The predicted octanol–water partition coefficient (Wildman–Crippen LogP) is 7.75. The lowest BCUT2D eigenvalue weighted by atomic mass is 9.84. The van der Waals surface area contributed by atoms with Crippen molar-refractivity contribution in [2.45, 2.75) is 41.6 Å². The Morgan fingerprint density at radius 1 is 0.650 bits per heavy atom.